The largest absolute Gasteiger partial charge is 0.372 e. The fraction of sp³-hybridized carbons (Fsp3) is 1.00. The summed E-state index contributed by atoms with van der Waals surface area (Å²) in [6.07, 6.45) is 17.2. The Balaban J connectivity index is 1.59. The lowest BCUT2D eigenvalue weighted by atomic mass is 9.72. The summed E-state index contributed by atoms with van der Waals surface area (Å²) in [6, 6.07) is 0. The molecule has 104 valence electrons. The second-order valence-corrected chi connectivity index (χ2v) is 7.63. The van der Waals surface area contributed by atoms with Gasteiger partial charge in [-0.2, -0.15) is 0 Å². The van der Waals surface area contributed by atoms with Crippen LogP contribution in [0.2, 0.25) is 0 Å². The van der Waals surface area contributed by atoms with Crippen LogP contribution in [0.4, 0.5) is 0 Å². The zero-order valence-electron chi connectivity index (χ0n) is 11.6. The molecule has 18 heavy (non-hydrogen) atoms. The van der Waals surface area contributed by atoms with Crippen LogP contribution in [0.15, 0.2) is 0 Å². The summed E-state index contributed by atoms with van der Waals surface area (Å²) >= 11 is 3.79. The van der Waals surface area contributed by atoms with Gasteiger partial charge in [0.05, 0.1) is 11.7 Å². The van der Waals surface area contributed by atoms with E-state index in [0.717, 1.165) is 0 Å². The van der Waals surface area contributed by atoms with Gasteiger partial charge in [0, 0.05) is 5.33 Å². The summed E-state index contributed by atoms with van der Waals surface area (Å²) in [5, 5.41) is 1.19. The van der Waals surface area contributed by atoms with Crippen molar-refractivity contribution in [3.63, 3.8) is 0 Å². The zero-order valence-corrected chi connectivity index (χ0v) is 13.1. The predicted octanol–water partition coefficient (Wildman–Crippen LogP) is 5.21. The van der Waals surface area contributed by atoms with Crippen molar-refractivity contribution >= 4 is 15.9 Å². The van der Waals surface area contributed by atoms with Crippen molar-refractivity contribution < 1.29 is 4.74 Å². The van der Waals surface area contributed by atoms with Gasteiger partial charge < -0.3 is 4.74 Å². The highest BCUT2D eigenvalue weighted by Crippen LogP contribution is 2.49. The van der Waals surface area contributed by atoms with Crippen LogP contribution < -0.4 is 0 Å². The van der Waals surface area contributed by atoms with E-state index in [4.69, 9.17) is 4.74 Å². The first-order valence-electron chi connectivity index (χ1n) is 8.00. The minimum absolute atomic E-state index is 0.326. The van der Waals surface area contributed by atoms with Crippen LogP contribution in [-0.2, 0) is 4.74 Å². The number of alkyl halides is 1. The molecule has 0 radical (unpaired) electrons. The van der Waals surface area contributed by atoms with Crippen LogP contribution in [0.5, 0.6) is 0 Å². The van der Waals surface area contributed by atoms with Crippen molar-refractivity contribution in [3.8, 4) is 0 Å². The van der Waals surface area contributed by atoms with Gasteiger partial charge in [0.2, 0.25) is 0 Å². The first-order chi connectivity index (χ1) is 8.76. The second-order valence-electron chi connectivity index (χ2n) is 7.07. The summed E-state index contributed by atoms with van der Waals surface area (Å²) in [5.74, 6) is 0. The molecule has 2 heteroatoms. The van der Waals surface area contributed by atoms with E-state index in [9.17, 15) is 0 Å². The van der Waals surface area contributed by atoms with Crippen molar-refractivity contribution in [1.82, 2.24) is 0 Å². The standard InChI is InChI=1S/C16H27BrO/c17-13-15(7-2-1-3-8-15)12-14-6-11-16(18-14)9-4-5-10-16/h14H,1-13H2. The van der Waals surface area contributed by atoms with Crippen molar-refractivity contribution in [3.05, 3.63) is 0 Å². The molecule has 0 bridgehead atoms. The lowest BCUT2D eigenvalue weighted by Gasteiger charge is -2.38. The number of hydrogen-bond donors (Lipinski definition) is 0. The van der Waals surface area contributed by atoms with E-state index in [2.05, 4.69) is 15.9 Å². The molecule has 1 nitrogen and oxygen atoms in total. The van der Waals surface area contributed by atoms with Gasteiger partial charge in [-0.3, -0.25) is 0 Å². The number of hydrogen-bond acceptors (Lipinski definition) is 1. The Labute approximate surface area is 120 Å². The van der Waals surface area contributed by atoms with E-state index in [1.807, 2.05) is 0 Å². The molecular weight excluding hydrogens is 288 g/mol. The fourth-order valence-corrected chi connectivity index (χ4v) is 5.39. The third-order valence-electron chi connectivity index (χ3n) is 5.71. The fourth-order valence-electron chi connectivity index (χ4n) is 4.60. The van der Waals surface area contributed by atoms with Crippen molar-refractivity contribution in [2.45, 2.75) is 88.8 Å². The molecule has 2 aliphatic carbocycles. The van der Waals surface area contributed by atoms with Crippen LogP contribution in [0.3, 0.4) is 0 Å². The molecule has 0 aromatic heterocycles. The minimum atomic E-state index is 0.326. The van der Waals surface area contributed by atoms with Gasteiger partial charge in [0.25, 0.3) is 0 Å². The topological polar surface area (TPSA) is 9.23 Å². The van der Waals surface area contributed by atoms with E-state index in [1.54, 1.807) is 0 Å². The molecule has 1 spiro atoms. The Kier molecular flexibility index (Phi) is 4.06. The molecule has 3 fully saturated rings. The molecule has 0 aromatic carbocycles. The molecular formula is C16H27BrO. The maximum Gasteiger partial charge on any atom is 0.0687 e. The number of rotatable bonds is 3. The van der Waals surface area contributed by atoms with Crippen molar-refractivity contribution in [2.75, 3.05) is 5.33 Å². The first kappa shape index (κ1) is 13.4. The Bertz CT molecular complexity index is 277. The third kappa shape index (κ3) is 2.65. The lowest BCUT2D eigenvalue weighted by Crippen LogP contribution is -2.32. The average Bonchev–Trinajstić information content (AvgIpc) is 3.02. The van der Waals surface area contributed by atoms with Gasteiger partial charge in [-0.25, -0.2) is 0 Å². The summed E-state index contributed by atoms with van der Waals surface area (Å²) in [6.45, 7) is 0. The Morgan fingerprint density at radius 3 is 2.22 bits per heavy atom. The predicted molar refractivity (Wildman–Crippen MR) is 79.2 cm³/mol. The highest BCUT2D eigenvalue weighted by molar-refractivity contribution is 9.09. The highest BCUT2D eigenvalue weighted by Gasteiger charge is 2.44. The molecule has 0 N–H and O–H groups in total. The Morgan fingerprint density at radius 1 is 0.889 bits per heavy atom. The molecule has 0 aromatic rings. The maximum absolute atomic E-state index is 6.52. The minimum Gasteiger partial charge on any atom is -0.372 e. The van der Waals surface area contributed by atoms with E-state index in [1.165, 1.54) is 82.4 Å². The quantitative estimate of drug-likeness (QED) is 0.649. The molecule has 1 saturated heterocycles. The first-order valence-corrected chi connectivity index (χ1v) is 9.12. The van der Waals surface area contributed by atoms with Crippen molar-refractivity contribution in [1.29, 1.82) is 0 Å². The molecule has 3 aliphatic rings. The van der Waals surface area contributed by atoms with Gasteiger partial charge in [0.1, 0.15) is 0 Å². The molecule has 1 atom stereocenters. The van der Waals surface area contributed by atoms with Crippen LogP contribution >= 0.6 is 15.9 Å². The Hall–Kier alpha value is 0.440. The number of ether oxygens (including phenoxy) is 1. The maximum atomic E-state index is 6.52. The molecule has 3 rings (SSSR count). The van der Waals surface area contributed by atoms with Crippen LogP contribution in [0, 0.1) is 5.41 Å². The van der Waals surface area contributed by atoms with Gasteiger partial charge >= 0.3 is 0 Å². The SMILES string of the molecule is BrCC1(CC2CCC3(CCCC3)O2)CCCCC1. The van der Waals surface area contributed by atoms with Gasteiger partial charge in [-0.15, -0.1) is 0 Å². The lowest BCUT2D eigenvalue weighted by molar-refractivity contribution is -0.0547. The molecule has 1 unspecified atom stereocenters. The summed E-state index contributed by atoms with van der Waals surface area (Å²) in [5.41, 5.74) is 0.889. The summed E-state index contributed by atoms with van der Waals surface area (Å²) in [7, 11) is 0. The van der Waals surface area contributed by atoms with E-state index in [-0.39, 0.29) is 0 Å². The van der Waals surface area contributed by atoms with Gasteiger partial charge in [-0.05, 0) is 50.4 Å². The van der Waals surface area contributed by atoms with Crippen LogP contribution in [0.1, 0.15) is 77.0 Å². The molecule has 1 aliphatic heterocycles. The monoisotopic (exact) mass is 314 g/mol. The normalized spacial score (nSPS) is 34.2. The van der Waals surface area contributed by atoms with E-state index in [0.29, 0.717) is 17.1 Å². The van der Waals surface area contributed by atoms with Crippen LogP contribution in [0.25, 0.3) is 0 Å². The summed E-state index contributed by atoms with van der Waals surface area (Å²) in [4.78, 5) is 0. The molecule has 2 saturated carbocycles. The number of halogens is 1. The Morgan fingerprint density at radius 2 is 1.56 bits per heavy atom. The highest BCUT2D eigenvalue weighted by atomic mass is 79.9. The van der Waals surface area contributed by atoms with E-state index >= 15 is 0 Å². The summed E-state index contributed by atoms with van der Waals surface area (Å²) < 4.78 is 6.52. The van der Waals surface area contributed by atoms with Crippen LogP contribution in [-0.4, -0.2) is 17.0 Å². The third-order valence-corrected chi connectivity index (χ3v) is 6.90. The zero-order chi connectivity index (χ0) is 12.5. The molecule has 0 amide bonds. The van der Waals surface area contributed by atoms with Gasteiger partial charge in [-0.1, -0.05) is 48.0 Å². The average molecular weight is 315 g/mol. The molecule has 1 heterocycles. The van der Waals surface area contributed by atoms with Crippen molar-refractivity contribution in [2.24, 2.45) is 5.41 Å². The second kappa shape index (κ2) is 5.44. The van der Waals surface area contributed by atoms with E-state index < -0.39 is 0 Å². The smallest absolute Gasteiger partial charge is 0.0687 e. The van der Waals surface area contributed by atoms with Gasteiger partial charge in [0.15, 0.2) is 0 Å².